The van der Waals surface area contributed by atoms with Crippen LogP contribution in [0.25, 0.3) is 0 Å². The molecule has 8 nitrogen and oxygen atoms in total. The highest BCUT2D eigenvalue weighted by Gasteiger charge is 2.45. The molecular weight excluding hydrogens is 220 g/mol. The molecule has 1 aliphatic rings. The summed E-state index contributed by atoms with van der Waals surface area (Å²) in [4.78, 5) is 15.3. The van der Waals surface area contributed by atoms with Crippen LogP contribution in [0.5, 0.6) is 0 Å². The highest BCUT2D eigenvalue weighted by molar-refractivity contribution is 5.73. The van der Waals surface area contributed by atoms with Crippen molar-refractivity contribution in [3.05, 3.63) is 0 Å². The molecule has 8 heteroatoms. The van der Waals surface area contributed by atoms with Crippen LogP contribution >= 0.6 is 0 Å². The molecule has 1 rings (SSSR count). The van der Waals surface area contributed by atoms with Gasteiger partial charge in [-0.05, 0) is 0 Å². The van der Waals surface area contributed by atoms with Crippen molar-refractivity contribution < 1.29 is 29.7 Å². The second kappa shape index (κ2) is 5.53. The molecule has 6 N–H and O–H groups in total. The van der Waals surface area contributed by atoms with E-state index in [1.807, 2.05) is 0 Å². The lowest BCUT2D eigenvalue weighted by atomic mass is 9.97. The standard InChI is InChI=1S/C8H16N2O6/c1-3(12)10-5-7(14)6(13)4(2-11)15-8(5)16-9/h4-8,11,13-14H,2,9H2,1H3,(H,10,12)/t4-,5+,6-,7-,8+/m1/s1. The number of carbonyl (C=O) groups is 1. The van der Waals surface area contributed by atoms with Crippen LogP contribution in [0.2, 0.25) is 0 Å². The van der Waals surface area contributed by atoms with E-state index < -0.39 is 43.2 Å². The van der Waals surface area contributed by atoms with Gasteiger partial charge in [-0.2, -0.15) is 0 Å². The number of aliphatic hydroxyl groups is 3. The van der Waals surface area contributed by atoms with Gasteiger partial charge in [0.25, 0.3) is 0 Å². The van der Waals surface area contributed by atoms with Crippen LogP contribution in [0.3, 0.4) is 0 Å². The minimum absolute atomic E-state index is 0.427. The largest absolute Gasteiger partial charge is 0.394 e. The number of nitrogens with two attached hydrogens (primary N) is 1. The first-order valence-corrected chi connectivity index (χ1v) is 4.76. The first-order chi connectivity index (χ1) is 7.51. The summed E-state index contributed by atoms with van der Waals surface area (Å²) < 4.78 is 5.06. The summed E-state index contributed by atoms with van der Waals surface area (Å²) in [5.74, 6) is 4.52. The van der Waals surface area contributed by atoms with E-state index >= 15 is 0 Å². The molecule has 0 aliphatic carbocycles. The van der Waals surface area contributed by atoms with Crippen LogP contribution < -0.4 is 11.2 Å². The number of nitrogens with one attached hydrogen (secondary N) is 1. The Hall–Kier alpha value is -0.770. The molecule has 5 atom stereocenters. The van der Waals surface area contributed by atoms with Crippen LogP contribution in [0.15, 0.2) is 0 Å². The summed E-state index contributed by atoms with van der Waals surface area (Å²) in [5, 5.41) is 30.5. The van der Waals surface area contributed by atoms with Crippen molar-refractivity contribution >= 4 is 5.91 Å². The average molecular weight is 236 g/mol. The minimum Gasteiger partial charge on any atom is -0.394 e. The van der Waals surface area contributed by atoms with Crippen molar-refractivity contribution in [1.29, 1.82) is 0 Å². The average Bonchev–Trinajstić information content (AvgIpc) is 2.25. The van der Waals surface area contributed by atoms with Crippen LogP contribution in [0.1, 0.15) is 6.92 Å². The smallest absolute Gasteiger partial charge is 0.217 e. The number of amides is 1. The van der Waals surface area contributed by atoms with Crippen LogP contribution in [0, 0.1) is 0 Å². The van der Waals surface area contributed by atoms with E-state index in [4.69, 9.17) is 15.7 Å². The van der Waals surface area contributed by atoms with E-state index in [0.717, 1.165) is 0 Å². The molecule has 0 aromatic heterocycles. The highest BCUT2D eigenvalue weighted by atomic mass is 16.8. The fourth-order valence-corrected chi connectivity index (χ4v) is 1.59. The topological polar surface area (TPSA) is 134 Å². The lowest BCUT2D eigenvalue weighted by molar-refractivity contribution is -0.271. The summed E-state index contributed by atoms with van der Waals surface area (Å²) in [5.41, 5.74) is 0. The molecule has 0 saturated carbocycles. The molecule has 1 heterocycles. The zero-order valence-corrected chi connectivity index (χ0v) is 8.74. The van der Waals surface area contributed by atoms with Crippen molar-refractivity contribution in [3.8, 4) is 0 Å². The molecule has 94 valence electrons. The van der Waals surface area contributed by atoms with Gasteiger partial charge in [-0.3, -0.25) is 9.63 Å². The molecule has 0 aromatic carbocycles. The third-order valence-corrected chi connectivity index (χ3v) is 2.38. The van der Waals surface area contributed by atoms with Gasteiger partial charge in [-0.15, -0.1) is 0 Å². The van der Waals surface area contributed by atoms with Crippen LogP contribution in [-0.4, -0.2) is 58.5 Å². The quantitative estimate of drug-likeness (QED) is 0.326. The molecule has 0 radical (unpaired) electrons. The maximum Gasteiger partial charge on any atom is 0.217 e. The van der Waals surface area contributed by atoms with E-state index in [1.54, 1.807) is 0 Å². The van der Waals surface area contributed by atoms with Crippen molar-refractivity contribution in [2.75, 3.05) is 6.61 Å². The zero-order valence-electron chi connectivity index (χ0n) is 8.74. The molecule has 0 spiro atoms. The molecule has 1 fully saturated rings. The number of aliphatic hydroxyl groups excluding tert-OH is 3. The summed E-state index contributed by atoms with van der Waals surface area (Å²) >= 11 is 0. The minimum atomic E-state index is -1.33. The first kappa shape index (κ1) is 13.3. The van der Waals surface area contributed by atoms with Crippen molar-refractivity contribution in [2.45, 2.75) is 37.6 Å². The van der Waals surface area contributed by atoms with Gasteiger partial charge in [0.05, 0.1) is 6.61 Å². The van der Waals surface area contributed by atoms with Crippen LogP contribution in [0.4, 0.5) is 0 Å². The fourth-order valence-electron chi connectivity index (χ4n) is 1.59. The summed E-state index contributed by atoms with van der Waals surface area (Å²) in [6.07, 6.45) is -4.79. The van der Waals surface area contributed by atoms with Gasteiger partial charge < -0.3 is 25.4 Å². The van der Waals surface area contributed by atoms with E-state index in [1.165, 1.54) is 6.92 Å². The second-order valence-corrected chi connectivity index (χ2v) is 3.57. The Morgan fingerprint density at radius 3 is 2.56 bits per heavy atom. The third-order valence-electron chi connectivity index (χ3n) is 2.38. The number of ether oxygens (including phenoxy) is 1. The highest BCUT2D eigenvalue weighted by Crippen LogP contribution is 2.20. The predicted molar refractivity (Wildman–Crippen MR) is 50.6 cm³/mol. The van der Waals surface area contributed by atoms with Gasteiger partial charge in [-0.25, -0.2) is 5.90 Å². The van der Waals surface area contributed by atoms with E-state index in [2.05, 4.69) is 10.2 Å². The number of hydrogen-bond donors (Lipinski definition) is 5. The number of hydrogen-bond acceptors (Lipinski definition) is 7. The van der Waals surface area contributed by atoms with Crippen molar-refractivity contribution in [1.82, 2.24) is 5.32 Å². The van der Waals surface area contributed by atoms with Crippen molar-refractivity contribution in [2.24, 2.45) is 5.90 Å². The lowest BCUT2D eigenvalue weighted by Gasteiger charge is -2.41. The Bertz CT molecular complexity index is 249. The van der Waals surface area contributed by atoms with Gasteiger partial charge >= 0.3 is 0 Å². The van der Waals surface area contributed by atoms with Gasteiger partial charge in [0.1, 0.15) is 24.4 Å². The molecule has 1 saturated heterocycles. The number of rotatable bonds is 3. The Labute approximate surface area is 91.9 Å². The normalized spacial score (nSPS) is 39.4. The molecule has 16 heavy (non-hydrogen) atoms. The Balaban J connectivity index is 2.77. The maximum atomic E-state index is 10.9. The maximum absolute atomic E-state index is 10.9. The Morgan fingerprint density at radius 2 is 2.12 bits per heavy atom. The van der Waals surface area contributed by atoms with Gasteiger partial charge in [0.15, 0.2) is 6.29 Å². The van der Waals surface area contributed by atoms with Gasteiger partial charge in [0.2, 0.25) is 5.91 Å². The predicted octanol–water partition coefficient (Wildman–Crippen LogP) is -3.18. The summed E-state index contributed by atoms with van der Waals surface area (Å²) in [6, 6.07) is -0.986. The van der Waals surface area contributed by atoms with Crippen LogP contribution in [-0.2, 0) is 14.4 Å². The first-order valence-electron chi connectivity index (χ1n) is 4.76. The molecule has 0 unspecified atom stereocenters. The molecule has 1 amide bonds. The summed E-state index contributed by atoms with van der Waals surface area (Å²) in [7, 11) is 0. The molecule has 1 aliphatic heterocycles. The fraction of sp³-hybridized carbons (Fsp3) is 0.875. The van der Waals surface area contributed by atoms with Gasteiger partial charge in [0, 0.05) is 6.92 Å². The Morgan fingerprint density at radius 1 is 1.50 bits per heavy atom. The van der Waals surface area contributed by atoms with E-state index in [9.17, 15) is 15.0 Å². The zero-order chi connectivity index (χ0) is 12.3. The Kier molecular flexibility index (Phi) is 4.59. The monoisotopic (exact) mass is 236 g/mol. The summed E-state index contributed by atoms with van der Waals surface area (Å²) in [6.45, 7) is 0.746. The molecule has 0 aromatic rings. The van der Waals surface area contributed by atoms with Crippen molar-refractivity contribution in [3.63, 3.8) is 0 Å². The molecular formula is C8H16N2O6. The molecule has 0 bridgehead atoms. The lowest BCUT2D eigenvalue weighted by Crippen LogP contribution is -2.65. The number of carbonyl (C=O) groups excluding carboxylic acids is 1. The van der Waals surface area contributed by atoms with Gasteiger partial charge in [-0.1, -0.05) is 0 Å². The third kappa shape index (κ3) is 2.67. The van der Waals surface area contributed by atoms with E-state index in [0.29, 0.717) is 0 Å². The van der Waals surface area contributed by atoms with E-state index in [-0.39, 0.29) is 0 Å². The SMILES string of the molecule is CC(=O)N[C@@H]1[C@H](ON)O[C@H](CO)[C@@H](O)[C@@H]1O. The second-order valence-electron chi connectivity index (χ2n) is 3.57.